The predicted octanol–water partition coefficient (Wildman–Crippen LogP) is 4.79. The number of rotatable bonds is 4. The Kier molecular flexibility index (Phi) is 4.84. The molecule has 1 aliphatic carbocycles. The summed E-state index contributed by atoms with van der Waals surface area (Å²) in [6.07, 6.45) is 3.01. The molecular weight excluding hydrogens is 327 g/mol. The van der Waals surface area contributed by atoms with E-state index in [0.29, 0.717) is 18.4 Å². The molecule has 0 spiro atoms. The first-order valence-corrected chi connectivity index (χ1v) is 8.44. The van der Waals surface area contributed by atoms with Crippen molar-refractivity contribution < 1.29 is 18.0 Å². The molecule has 2 aromatic carbocycles. The van der Waals surface area contributed by atoms with Crippen molar-refractivity contribution in [2.75, 3.05) is 0 Å². The highest BCUT2D eigenvalue weighted by Gasteiger charge is 2.43. The molecule has 3 rings (SSSR count). The average molecular weight is 347 g/mol. The summed E-state index contributed by atoms with van der Waals surface area (Å²) in [7, 11) is 0. The molecule has 1 aliphatic rings. The standard InChI is InChI=1S/C20H20F3NO/c1-13(17-8-7-16(22)12-18(17)23)24-19(25)20(9-2-3-10-20)14-5-4-6-15(21)11-14/h4-8,11-13H,2-3,9-10H2,1H3,(H,24,25). The molecule has 1 amide bonds. The van der Waals surface area contributed by atoms with Crippen molar-refractivity contribution in [3.05, 3.63) is 71.0 Å². The molecule has 2 nitrogen and oxygen atoms in total. The first-order chi connectivity index (χ1) is 11.9. The summed E-state index contributed by atoms with van der Waals surface area (Å²) >= 11 is 0. The molecule has 0 heterocycles. The van der Waals surface area contributed by atoms with Crippen LogP contribution in [-0.2, 0) is 10.2 Å². The monoisotopic (exact) mass is 347 g/mol. The van der Waals surface area contributed by atoms with Crippen molar-refractivity contribution in [3.8, 4) is 0 Å². The molecule has 0 saturated heterocycles. The molecule has 25 heavy (non-hydrogen) atoms. The van der Waals surface area contributed by atoms with Gasteiger partial charge in [0, 0.05) is 11.6 Å². The molecule has 1 fully saturated rings. The van der Waals surface area contributed by atoms with Gasteiger partial charge in [-0.3, -0.25) is 4.79 Å². The second-order valence-electron chi connectivity index (χ2n) is 6.66. The molecule has 132 valence electrons. The number of nitrogens with one attached hydrogen (secondary N) is 1. The second kappa shape index (κ2) is 6.90. The van der Waals surface area contributed by atoms with E-state index in [0.717, 1.165) is 18.9 Å². The van der Waals surface area contributed by atoms with Gasteiger partial charge in [-0.2, -0.15) is 0 Å². The fourth-order valence-corrected chi connectivity index (χ4v) is 3.68. The minimum Gasteiger partial charge on any atom is -0.349 e. The topological polar surface area (TPSA) is 29.1 Å². The molecule has 1 saturated carbocycles. The number of carbonyl (C=O) groups excluding carboxylic acids is 1. The van der Waals surface area contributed by atoms with Gasteiger partial charge in [0.05, 0.1) is 11.5 Å². The van der Waals surface area contributed by atoms with E-state index in [4.69, 9.17) is 0 Å². The van der Waals surface area contributed by atoms with Crippen molar-refractivity contribution in [1.82, 2.24) is 5.32 Å². The Morgan fingerprint density at radius 1 is 1.04 bits per heavy atom. The molecule has 0 aliphatic heterocycles. The molecular formula is C20H20F3NO. The quantitative estimate of drug-likeness (QED) is 0.846. The lowest BCUT2D eigenvalue weighted by Gasteiger charge is -2.30. The maximum Gasteiger partial charge on any atom is 0.231 e. The highest BCUT2D eigenvalue weighted by atomic mass is 19.1. The fraction of sp³-hybridized carbons (Fsp3) is 0.350. The molecule has 1 unspecified atom stereocenters. The van der Waals surface area contributed by atoms with E-state index in [1.807, 2.05) is 0 Å². The Morgan fingerprint density at radius 2 is 1.72 bits per heavy atom. The van der Waals surface area contributed by atoms with Gasteiger partial charge in [0.15, 0.2) is 0 Å². The third-order valence-electron chi connectivity index (χ3n) is 5.05. The number of hydrogen-bond donors (Lipinski definition) is 1. The molecule has 0 aromatic heterocycles. The van der Waals surface area contributed by atoms with Crippen LogP contribution in [0.15, 0.2) is 42.5 Å². The van der Waals surface area contributed by atoms with E-state index in [1.54, 1.807) is 19.1 Å². The minimum absolute atomic E-state index is 0.224. The zero-order valence-electron chi connectivity index (χ0n) is 14.0. The summed E-state index contributed by atoms with van der Waals surface area (Å²) in [4.78, 5) is 13.0. The smallest absolute Gasteiger partial charge is 0.231 e. The van der Waals surface area contributed by atoms with Crippen LogP contribution in [0, 0.1) is 17.5 Å². The van der Waals surface area contributed by atoms with E-state index < -0.39 is 23.1 Å². The van der Waals surface area contributed by atoms with Crippen LogP contribution in [0.1, 0.15) is 49.8 Å². The van der Waals surface area contributed by atoms with Crippen molar-refractivity contribution in [2.24, 2.45) is 0 Å². The zero-order chi connectivity index (χ0) is 18.0. The molecule has 5 heteroatoms. The fourth-order valence-electron chi connectivity index (χ4n) is 3.68. The summed E-state index contributed by atoms with van der Waals surface area (Å²) < 4.78 is 40.7. The Bertz CT molecular complexity index is 784. The highest BCUT2D eigenvalue weighted by molar-refractivity contribution is 5.89. The van der Waals surface area contributed by atoms with Crippen molar-refractivity contribution in [2.45, 2.75) is 44.1 Å². The second-order valence-corrected chi connectivity index (χ2v) is 6.66. The summed E-state index contributed by atoms with van der Waals surface area (Å²) in [6, 6.07) is 8.79. The normalized spacial score (nSPS) is 17.3. The van der Waals surface area contributed by atoms with Gasteiger partial charge in [-0.1, -0.05) is 31.0 Å². The minimum atomic E-state index is -0.799. The van der Waals surface area contributed by atoms with Crippen molar-refractivity contribution in [1.29, 1.82) is 0 Å². The first-order valence-electron chi connectivity index (χ1n) is 8.44. The van der Waals surface area contributed by atoms with Gasteiger partial charge in [-0.05, 0) is 43.5 Å². The Morgan fingerprint density at radius 3 is 2.36 bits per heavy atom. The molecule has 1 atom stereocenters. The van der Waals surface area contributed by atoms with Gasteiger partial charge in [0.25, 0.3) is 0 Å². The summed E-state index contributed by atoms with van der Waals surface area (Å²) in [5.41, 5.74) is 0.0729. The van der Waals surface area contributed by atoms with E-state index >= 15 is 0 Å². The highest BCUT2D eigenvalue weighted by Crippen LogP contribution is 2.42. The third-order valence-corrected chi connectivity index (χ3v) is 5.05. The van der Waals surface area contributed by atoms with Gasteiger partial charge in [-0.25, -0.2) is 13.2 Å². The predicted molar refractivity (Wildman–Crippen MR) is 89.5 cm³/mol. The summed E-state index contributed by atoms with van der Waals surface area (Å²) in [6.45, 7) is 1.66. The lowest BCUT2D eigenvalue weighted by atomic mass is 9.77. The molecule has 0 radical (unpaired) electrons. The summed E-state index contributed by atoms with van der Waals surface area (Å²) in [5.74, 6) is -1.98. The molecule has 1 N–H and O–H groups in total. The number of benzene rings is 2. The average Bonchev–Trinajstić information content (AvgIpc) is 3.05. The number of hydrogen-bond acceptors (Lipinski definition) is 1. The van der Waals surface area contributed by atoms with Gasteiger partial charge in [-0.15, -0.1) is 0 Å². The van der Waals surface area contributed by atoms with E-state index in [1.165, 1.54) is 24.3 Å². The lowest BCUT2D eigenvalue weighted by molar-refractivity contribution is -0.127. The largest absolute Gasteiger partial charge is 0.349 e. The van der Waals surface area contributed by atoms with Crippen molar-refractivity contribution in [3.63, 3.8) is 0 Å². The third kappa shape index (κ3) is 3.41. The lowest BCUT2D eigenvalue weighted by Crippen LogP contribution is -2.43. The van der Waals surface area contributed by atoms with Gasteiger partial charge >= 0.3 is 0 Å². The van der Waals surface area contributed by atoms with Gasteiger partial charge < -0.3 is 5.32 Å². The van der Waals surface area contributed by atoms with Crippen LogP contribution in [0.2, 0.25) is 0 Å². The van der Waals surface area contributed by atoms with E-state index in [9.17, 15) is 18.0 Å². The SMILES string of the molecule is CC(NC(=O)C1(c2cccc(F)c2)CCCC1)c1ccc(F)cc1F. The van der Waals surface area contributed by atoms with Gasteiger partial charge in [0.2, 0.25) is 5.91 Å². The maximum atomic E-state index is 14.0. The number of amides is 1. The van der Waals surface area contributed by atoms with Crippen molar-refractivity contribution >= 4 is 5.91 Å². The van der Waals surface area contributed by atoms with Crippen LogP contribution in [0.25, 0.3) is 0 Å². The summed E-state index contributed by atoms with van der Waals surface area (Å²) in [5, 5.41) is 2.83. The van der Waals surface area contributed by atoms with Crippen LogP contribution in [-0.4, -0.2) is 5.91 Å². The van der Waals surface area contributed by atoms with Crippen LogP contribution < -0.4 is 5.32 Å². The molecule has 2 aromatic rings. The van der Waals surface area contributed by atoms with E-state index in [-0.39, 0.29) is 17.3 Å². The van der Waals surface area contributed by atoms with Crippen LogP contribution >= 0.6 is 0 Å². The Hall–Kier alpha value is -2.30. The molecule has 0 bridgehead atoms. The van der Waals surface area contributed by atoms with Gasteiger partial charge in [0.1, 0.15) is 17.5 Å². The van der Waals surface area contributed by atoms with Crippen LogP contribution in [0.4, 0.5) is 13.2 Å². The first kappa shape index (κ1) is 17.5. The number of carbonyl (C=O) groups is 1. The number of halogens is 3. The zero-order valence-corrected chi connectivity index (χ0v) is 14.0. The van der Waals surface area contributed by atoms with Crippen LogP contribution in [0.5, 0.6) is 0 Å². The Labute approximate surface area is 145 Å². The maximum absolute atomic E-state index is 14.0. The van der Waals surface area contributed by atoms with Crippen LogP contribution in [0.3, 0.4) is 0 Å². The Balaban J connectivity index is 1.86. The van der Waals surface area contributed by atoms with E-state index in [2.05, 4.69) is 5.32 Å².